The maximum atomic E-state index is 0. The Morgan fingerprint density at radius 1 is 0.667 bits per heavy atom. The van der Waals surface area contributed by atoms with Crippen molar-refractivity contribution < 1.29 is 58.7 Å². The van der Waals surface area contributed by atoms with E-state index in [4.69, 9.17) is 0 Å². The molecule has 6 heteroatoms. The molecule has 0 fully saturated rings. The molecule has 4 nitrogen and oxygen atoms in total. The maximum Gasteiger partial charge on any atom is 2.00 e. The van der Waals surface area contributed by atoms with Gasteiger partial charge in [0, 0.05) is 17.4 Å². The van der Waals surface area contributed by atoms with E-state index in [0.29, 0.717) is 0 Å². The summed E-state index contributed by atoms with van der Waals surface area (Å²) in [6.45, 7) is 0. The third-order valence-corrected chi connectivity index (χ3v) is 0. The van der Waals surface area contributed by atoms with Crippen molar-refractivity contribution in [2.24, 2.45) is 0 Å². The van der Waals surface area contributed by atoms with Gasteiger partial charge in [-0.25, -0.2) is 0 Å². The van der Waals surface area contributed by atoms with Crippen LogP contribution in [0.1, 0.15) is 0 Å². The van der Waals surface area contributed by atoms with Gasteiger partial charge < -0.3 is 21.9 Å². The average molecular weight is 187 g/mol. The second kappa shape index (κ2) is 151. The van der Waals surface area contributed by atoms with E-state index in [1.807, 2.05) is 0 Å². The minimum Gasteiger partial charge on any atom is -0.870 e. The van der Waals surface area contributed by atoms with Crippen molar-refractivity contribution in [3.05, 3.63) is 0 Å². The molecule has 0 aliphatic rings. The van der Waals surface area contributed by atoms with Crippen molar-refractivity contribution in [3.8, 4) is 0 Å². The zero-order chi connectivity index (χ0) is 0. The van der Waals surface area contributed by atoms with E-state index in [9.17, 15) is 0 Å². The molecule has 0 atom stereocenters. The Morgan fingerprint density at radius 3 is 0.667 bits per heavy atom. The third kappa shape index (κ3) is 80.4. The van der Waals surface area contributed by atoms with Gasteiger partial charge in [-0.3, -0.25) is 0 Å². The molecule has 0 aliphatic heterocycles. The summed E-state index contributed by atoms with van der Waals surface area (Å²) in [6, 6.07) is 0. The fraction of sp³-hybridized carbons (Fsp3) is 0. The van der Waals surface area contributed by atoms with Crippen LogP contribution in [0.3, 0.4) is 0 Å². The summed E-state index contributed by atoms with van der Waals surface area (Å²) in [4.78, 5) is 0. The molecule has 0 amide bonds. The zero-order valence-corrected chi connectivity index (χ0v) is 7.25. The Hall–Kier alpha value is 0.996. The molecule has 0 aliphatic carbocycles. The van der Waals surface area contributed by atoms with Crippen LogP contribution in [0.2, 0.25) is 0 Å². The van der Waals surface area contributed by atoms with Gasteiger partial charge in [0.25, 0.3) is 0 Å². The molecule has 0 aromatic carbocycles. The largest absolute Gasteiger partial charge is 2.00 e. The van der Waals surface area contributed by atoms with E-state index < -0.39 is 0 Å². The monoisotopic (exact) mass is 186 g/mol. The van der Waals surface area contributed by atoms with E-state index in [2.05, 4.69) is 0 Å². The molecular weight excluding hydrogens is 181 g/mol. The smallest absolute Gasteiger partial charge is 0.870 e. The molecule has 0 rings (SSSR count). The molecule has 6 heavy (non-hydrogen) atoms. The van der Waals surface area contributed by atoms with E-state index in [-0.39, 0.29) is 58.7 Å². The van der Waals surface area contributed by atoms with E-state index in [1.165, 1.54) is 0 Å². The molecule has 0 aromatic heterocycles. The molecule has 0 radical (unpaired) electrons. The molecule has 0 aromatic rings. The first-order valence-electron chi connectivity index (χ1n) is 0. The molecule has 0 saturated carbocycles. The second-order valence-corrected chi connectivity index (χ2v) is 0. The Labute approximate surface area is 59.0 Å². The minimum atomic E-state index is 0. The Bertz CT molecular complexity index is 7.51. The van der Waals surface area contributed by atoms with Gasteiger partial charge in [0.05, 0.1) is 0 Å². The molecule has 0 saturated heterocycles. The van der Waals surface area contributed by atoms with Gasteiger partial charge in [0.1, 0.15) is 0 Å². The summed E-state index contributed by atoms with van der Waals surface area (Å²) >= 11 is 0. The molecule has 0 spiro atoms. The van der Waals surface area contributed by atoms with E-state index >= 15 is 0 Å². The molecule has 38 valence electrons. The number of hydrogen-bond acceptors (Lipinski definition) is 2. The molecule has 0 bridgehead atoms. The standard InChI is InChI=1S/Cr.4H2O.Zn/h;4*1H2;/q;;;;;+2/p-2. The van der Waals surface area contributed by atoms with Gasteiger partial charge in [0.2, 0.25) is 0 Å². The van der Waals surface area contributed by atoms with Crippen LogP contribution < -0.4 is 0 Å². The summed E-state index contributed by atoms with van der Waals surface area (Å²) in [5, 5.41) is 0. The summed E-state index contributed by atoms with van der Waals surface area (Å²) in [5.74, 6) is 0. The van der Waals surface area contributed by atoms with Crippen molar-refractivity contribution in [2.45, 2.75) is 0 Å². The fourth-order valence-electron chi connectivity index (χ4n) is 0. The number of rotatable bonds is 0. The van der Waals surface area contributed by atoms with E-state index in [1.54, 1.807) is 0 Å². The van der Waals surface area contributed by atoms with Crippen molar-refractivity contribution in [2.75, 3.05) is 0 Å². The quantitative estimate of drug-likeness (QED) is 0.407. The van der Waals surface area contributed by atoms with Gasteiger partial charge in [-0.05, 0) is 0 Å². The van der Waals surface area contributed by atoms with Crippen LogP contribution in [0.15, 0.2) is 0 Å². The van der Waals surface area contributed by atoms with Gasteiger partial charge >= 0.3 is 19.5 Å². The number of hydrogen-bond donors (Lipinski definition) is 0. The Morgan fingerprint density at radius 2 is 0.667 bits per heavy atom. The summed E-state index contributed by atoms with van der Waals surface area (Å²) in [7, 11) is 0. The summed E-state index contributed by atoms with van der Waals surface area (Å²) in [6.07, 6.45) is 0. The van der Waals surface area contributed by atoms with E-state index in [0.717, 1.165) is 0 Å². The van der Waals surface area contributed by atoms with Crippen LogP contribution in [-0.4, -0.2) is 21.9 Å². The predicted octanol–water partition coefficient (Wildman–Crippen LogP) is -2.01. The third-order valence-electron chi connectivity index (χ3n) is 0. The zero-order valence-electron chi connectivity index (χ0n) is 3.01. The van der Waals surface area contributed by atoms with Crippen molar-refractivity contribution in [1.29, 1.82) is 0 Å². The topological polar surface area (TPSA) is 123 Å². The molecular formula is H6CrO4Zn. The second-order valence-electron chi connectivity index (χ2n) is 0. The van der Waals surface area contributed by atoms with Crippen molar-refractivity contribution in [3.63, 3.8) is 0 Å². The normalized spacial score (nSPS) is 0. The maximum absolute atomic E-state index is 0. The fourth-order valence-corrected chi connectivity index (χ4v) is 0. The van der Waals surface area contributed by atoms with Crippen LogP contribution in [-0.2, 0) is 36.8 Å². The van der Waals surface area contributed by atoms with Crippen LogP contribution >= 0.6 is 0 Å². The summed E-state index contributed by atoms with van der Waals surface area (Å²) < 4.78 is 0. The first kappa shape index (κ1) is 254. The molecule has 0 unspecified atom stereocenters. The van der Waals surface area contributed by atoms with Crippen molar-refractivity contribution >= 4 is 0 Å². The SMILES string of the molecule is O.O.[Cr].[OH-].[OH-].[Zn+2]. The van der Waals surface area contributed by atoms with Gasteiger partial charge in [0.15, 0.2) is 0 Å². The molecule has 6 N–H and O–H groups in total. The van der Waals surface area contributed by atoms with Gasteiger partial charge in [-0.1, -0.05) is 0 Å². The Balaban J connectivity index is 0. The first-order chi connectivity index (χ1) is 0. The van der Waals surface area contributed by atoms with Crippen LogP contribution in [0.5, 0.6) is 0 Å². The predicted molar refractivity (Wildman–Crippen MR) is 11.1 cm³/mol. The van der Waals surface area contributed by atoms with Crippen LogP contribution in [0, 0.1) is 0 Å². The van der Waals surface area contributed by atoms with Crippen LogP contribution in [0.25, 0.3) is 0 Å². The minimum absolute atomic E-state index is 0. The van der Waals surface area contributed by atoms with Crippen molar-refractivity contribution in [1.82, 2.24) is 0 Å². The Kier molecular flexibility index (Phi) is 6380. The molecule has 0 heterocycles. The first-order valence-corrected chi connectivity index (χ1v) is 0. The van der Waals surface area contributed by atoms with Crippen LogP contribution in [0.4, 0.5) is 0 Å². The average Bonchev–Trinajstić information content (AvgIpc) is 0. The van der Waals surface area contributed by atoms with Gasteiger partial charge in [-0.15, -0.1) is 0 Å². The van der Waals surface area contributed by atoms with Gasteiger partial charge in [-0.2, -0.15) is 0 Å². The summed E-state index contributed by atoms with van der Waals surface area (Å²) in [5.41, 5.74) is 0.